The Balaban J connectivity index is 2.76. The van der Waals surface area contributed by atoms with E-state index in [2.05, 4.69) is 0 Å². The van der Waals surface area contributed by atoms with Gasteiger partial charge in [0.25, 0.3) is 0 Å². The van der Waals surface area contributed by atoms with Crippen LogP contribution < -0.4 is 5.73 Å². The number of nitrogens with two attached hydrogens (primary N) is 1. The van der Waals surface area contributed by atoms with Crippen molar-refractivity contribution in [3.8, 4) is 0 Å². The Morgan fingerprint density at radius 3 is 1.17 bits per heavy atom. The largest absolute Gasteiger partial charge is 0.389 e. The summed E-state index contributed by atoms with van der Waals surface area (Å²) in [7, 11) is 0. The smallest absolute Gasteiger partial charge is 0.111 e. The van der Waals surface area contributed by atoms with Gasteiger partial charge in [0.1, 0.15) is 30.5 Å². The molecule has 1 fully saturated rings. The number of rotatable bonds is 0. The molecule has 6 heteroatoms. The molecular weight excluding hydrogens is 166 g/mol. The van der Waals surface area contributed by atoms with E-state index < -0.39 is 36.6 Å². The summed E-state index contributed by atoms with van der Waals surface area (Å²) in [6, 6.07) is -1.14. The van der Waals surface area contributed by atoms with Gasteiger partial charge in [-0.3, -0.25) is 0 Å². The van der Waals surface area contributed by atoms with Gasteiger partial charge >= 0.3 is 0 Å². The van der Waals surface area contributed by atoms with E-state index in [9.17, 15) is 0 Å². The normalized spacial score (nSPS) is 55.5. The summed E-state index contributed by atoms with van der Waals surface area (Å²) in [6.45, 7) is 0. The first-order chi connectivity index (χ1) is 5.46. The molecule has 7 N–H and O–H groups in total. The van der Waals surface area contributed by atoms with Crippen LogP contribution in [-0.2, 0) is 0 Å². The van der Waals surface area contributed by atoms with Crippen LogP contribution >= 0.6 is 0 Å². The van der Waals surface area contributed by atoms with Crippen LogP contribution in [0.25, 0.3) is 0 Å². The Morgan fingerprint density at radius 1 is 0.583 bits per heavy atom. The summed E-state index contributed by atoms with van der Waals surface area (Å²) >= 11 is 0. The highest BCUT2D eigenvalue weighted by Crippen LogP contribution is 2.19. The number of aliphatic hydroxyl groups excluding tert-OH is 5. The molecule has 0 aliphatic heterocycles. The average Bonchev–Trinajstić information content (AvgIpc) is 2.08. The monoisotopic (exact) mass is 179 g/mol. The topological polar surface area (TPSA) is 127 Å². The second-order valence-electron chi connectivity index (χ2n) is 3.03. The molecule has 1 saturated carbocycles. The standard InChI is InChI=1S/C6H13NO5/c7-1-2(8)4(10)6(12)5(11)3(1)9/h1-6,8-12H,7H2/t1?,2?,3?,4-,5+,6?. The molecule has 6 nitrogen and oxygen atoms in total. The third kappa shape index (κ3) is 1.33. The summed E-state index contributed by atoms with van der Waals surface area (Å²) in [5, 5.41) is 45.3. The fourth-order valence-corrected chi connectivity index (χ4v) is 1.26. The molecule has 0 aromatic heterocycles. The van der Waals surface area contributed by atoms with Gasteiger partial charge in [0.15, 0.2) is 0 Å². The van der Waals surface area contributed by atoms with E-state index in [1.165, 1.54) is 0 Å². The van der Waals surface area contributed by atoms with Crippen LogP contribution in [0.1, 0.15) is 0 Å². The minimum absolute atomic E-state index is 1.14. The van der Waals surface area contributed by atoms with E-state index in [0.29, 0.717) is 0 Å². The van der Waals surface area contributed by atoms with E-state index >= 15 is 0 Å². The number of hydrogen-bond acceptors (Lipinski definition) is 6. The summed E-state index contributed by atoms with van der Waals surface area (Å²) in [6.07, 6.45) is -7.43. The molecule has 6 atom stereocenters. The van der Waals surface area contributed by atoms with Crippen molar-refractivity contribution in [1.82, 2.24) is 0 Å². The van der Waals surface area contributed by atoms with Crippen LogP contribution in [-0.4, -0.2) is 62.1 Å². The maximum atomic E-state index is 9.10. The highest BCUT2D eigenvalue weighted by atomic mass is 16.4. The van der Waals surface area contributed by atoms with Gasteiger partial charge in [-0.25, -0.2) is 0 Å². The zero-order valence-corrected chi connectivity index (χ0v) is 6.28. The molecule has 0 heterocycles. The van der Waals surface area contributed by atoms with Crippen LogP contribution in [0.5, 0.6) is 0 Å². The van der Waals surface area contributed by atoms with Crippen molar-refractivity contribution in [1.29, 1.82) is 0 Å². The van der Waals surface area contributed by atoms with Crippen LogP contribution in [0.15, 0.2) is 0 Å². The first-order valence-corrected chi connectivity index (χ1v) is 3.62. The zero-order valence-electron chi connectivity index (χ0n) is 6.28. The van der Waals surface area contributed by atoms with Crippen LogP contribution in [0.2, 0.25) is 0 Å². The molecule has 0 aromatic rings. The van der Waals surface area contributed by atoms with E-state index in [4.69, 9.17) is 31.3 Å². The second-order valence-corrected chi connectivity index (χ2v) is 3.03. The molecular formula is C6H13NO5. The second kappa shape index (κ2) is 3.25. The predicted octanol–water partition coefficient (Wildman–Crippen LogP) is -3.87. The Hall–Kier alpha value is -0.240. The third-order valence-electron chi connectivity index (χ3n) is 2.19. The Bertz CT molecular complexity index is 107. The predicted molar refractivity (Wildman–Crippen MR) is 38.0 cm³/mol. The SMILES string of the molecule is NC1C(O)[C@@H](O)C(O)[C@@H](O)C1O. The van der Waals surface area contributed by atoms with Crippen LogP contribution in [0.3, 0.4) is 0 Å². The molecule has 0 bridgehead atoms. The van der Waals surface area contributed by atoms with Crippen molar-refractivity contribution in [2.24, 2.45) is 5.73 Å². The van der Waals surface area contributed by atoms with Crippen molar-refractivity contribution < 1.29 is 25.5 Å². The Kier molecular flexibility index (Phi) is 2.67. The van der Waals surface area contributed by atoms with Gasteiger partial charge in [0.2, 0.25) is 0 Å². The minimum Gasteiger partial charge on any atom is -0.389 e. The van der Waals surface area contributed by atoms with Crippen molar-refractivity contribution in [2.45, 2.75) is 36.6 Å². The van der Waals surface area contributed by atoms with Crippen LogP contribution in [0.4, 0.5) is 0 Å². The first kappa shape index (κ1) is 9.85. The van der Waals surface area contributed by atoms with E-state index in [0.717, 1.165) is 0 Å². The molecule has 1 rings (SSSR count). The van der Waals surface area contributed by atoms with E-state index in [1.807, 2.05) is 0 Å². The molecule has 0 saturated heterocycles. The first-order valence-electron chi connectivity index (χ1n) is 3.62. The van der Waals surface area contributed by atoms with E-state index in [1.54, 1.807) is 0 Å². The summed E-state index contributed by atoms with van der Waals surface area (Å²) in [5.74, 6) is 0. The van der Waals surface area contributed by atoms with Gasteiger partial charge in [0, 0.05) is 0 Å². The van der Waals surface area contributed by atoms with Gasteiger partial charge < -0.3 is 31.3 Å². The van der Waals surface area contributed by atoms with Gasteiger partial charge in [-0.1, -0.05) is 0 Å². The average molecular weight is 179 g/mol. The molecule has 0 radical (unpaired) electrons. The Morgan fingerprint density at radius 2 is 0.833 bits per heavy atom. The van der Waals surface area contributed by atoms with Crippen molar-refractivity contribution >= 4 is 0 Å². The summed E-state index contributed by atoms with van der Waals surface area (Å²) in [4.78, 5) is 0. The molecule has 0 amide bonds. The van der Waals surface area contributed by atoms with Gasteiger partial charge in [-0.05, 0) is 0 Å². The fourth-order valence-electron chi connectivity index (χ4n) is 1.26. The quantitative estimate of drug-likeness (QED) is 0.226. The third-order valence-corrected chi connectivity index (χ3v) is 2.19. The highest BCUT2D eigenvalue weighted by molar-refractivity contribution is 5.00. The van der Waals surface area contributed by atoms with Gasteiger partial charge in [0.05, 0.1) is 6.04 Å². The maximum absolute atomic E-state index is 9.10. The van der Waals surface area contributed by atoms with Gasteiger partial charge in [-0.15, -0.1) is 0 Å². The molecule has 4 unspecified atom stereocenters. The van der Waals surface area contributed by atoms with Crippen molar-refractivity contribution in [3.05, 3.63) is 0 Å². The van der Waals surface area contributed by atoms with Crippen LogP contribution in [0, 0.1) is 0 Å². The lowest BCUT2D eigenvalue weighted by Gasteiger charge is -2.40. The van der Waals surface area contributed by atoms with E-state index in [-0.39, 0.29) is 0 Å². The lowest BCUT2D eigenvalue weighted by atomic mass is 9.84. The molecule has 12 heavy (non-hydrogen) atoms. The lowest BCUT2D eigenvalue weighted by molar-refractivity contribution is -0.184. The molecule has 1 aliphatic rings. The fraction of sp³-hybridized carbons (Fsp3) is 1.00. The molecule has 0 spiro atoms. The molecule has 1 aliphatic carbocycles. The minimum atomic E-state index is -1.56. The summed E-state index contributed by atoms with van der Waals surface area (Å²) in [5.41, 5.74) is 5.23. The van der Waals surface area contributed by atoms with Crippen molar-refractivity contribution in [3.63, 3.8) is 0 Å². The summed E-state index contributed by atoms with van der Waals surface area (Å²) < 4.78 is 0. The lowest BCUT2D eigenvalue weighted by Crippen LogP contribution is -2.66. The van der Waals surface area contributed by atoms with Crippen molar-refractivity contribution in [2.75, 3.05) is 0 Å². The number of hydrogen-bond donors (Lipinski definition) is 6. The molecule has 0 aromatic carbocycles. The maximum Gasteiger partial charge on any atom is 0.111 e. The molecule has 72 valence electrons. The highest BCUT2D eigenvalue weighted by Gasteiger charge is 2.46. The van der Waals surface area contributed by atoms with Gasteiger partial charge in [-0.2, -0.15) is 0 Å². The number of aliphatic hydroxyl groups is 5. The Labute approximate surface area is 68.9 Å². The zero-order chi connectivity index (χ0) is 9.46.